The topological polar surface area (TPSA) is 65.6 Å². The molecule has 4 rings (SSSR count). The van der Waals surface area contributed by atoms with Crippen molar-refractivity contribution in [1.29, 1.82) is 0 Å². The van der Waals surface area contributed by atoms with Gasteiger partial charge in [-0.25, -0.2) is 4.79 Å². The van der Waals surface area contributed by atoms with Crippen molar-refractivity contribution in [3.8, 4) is 0 Å². The Labute approximate surface area is 159 Å². The maximum Gasteiger partial charge on any atom is 0.328 e. The molecule has 2 aliphatic heterocycles. The minimum Gasteiger partial charge on any atom is -0.467 e. The Morgan fingerprint density at radius 3 is 2.85 bits per heavy atom. The summed E-state index contributed by atoms with van der Waals surface area (Å²) in [4.78, 5) is 33.0. The molecule has 1 aromatic heterocycles. The summed E-state index contributed by atoms with van der Waals surface area (Å²) in [5.74, 6) is -0.338. The summed E-state index contributed by atoms with van der Waals surface area (Å²) in [7, 11) is 1.39. The van der Waals surface area contributed by atoms with Crippen LogP contribution in [0.25, 0.3) is 10.9 Å². The van der Waals surface area contributed by atoms with Gasteiger partial charge < -0.3 is 14.6 Å². The van der Waals surface area contributed by atoms with Gasteiger partial charge in [0.15, 0.2) is 0 Å². The molecule has 1 saturated heterocycles. The molecule has 0 unspecified atom stereocenters. The largest absolute Gasteiger partial charge is 0.467 e. The lowest BCUT2D eigenvalue weighted by molar-refractivity contribution is -0.154. The number of ether oxygens (including phenoxy) is 1. The lowest BCUT2D eigenvalue weighted by Crippen LogP contribution is -2.53. The lowest BCUT2D eigenvalue weighted by atomic mass is 9.96. The van der Waals surface area contributed by atoms with E-state index in [1.807, 2.05) is 18.2 Å². The van der Waals surface area contributed by atoms with Gasteiger partial charge in [0.05, 0.1) is 20.2 Å². The zero-order valence-corrected chi connectivity index (χ0v) is 16.0. The molecule has 0 saturated carbocycles. The molecular weight excluding hydrogens is 342 g/mol. The molecular formula is C21H27N3O3. The Morgan fingerprint density at radius 2 is 2.07 bits per heavy atom. The molecule has 1 aromatic carbocycles. The molecule has 2 aliphatic rings. The van der Waals surface area contributed by atoms with Gasteiger partial charge in [-0.2, -0.15) is 0 Å². The molecule has 1 amide bonds. The summed E-state index contributed by atoms with van der Waals surface area (Å²) in [6.45, 7) is 3.91. The van der Waals surface area contributed by atoms with Crippen molar-refractivity contribution in [3.63, 3.8) is 0 Å². The number of aromatic nitrogens is 1. The van der Waals surface area contributed by atoms with E-state index in [0.717, 1.165) is 41.5 Å². The summed E-state index contributed by atoms with van der Waals surface area (Å²) in [5.41, 5.74) is 3.19. The molecule has 0 aliphatic carbocycles. The van der Waals surface area contributed by atoms with Crippen LogP contribution in [0.4, 0.5) is 0 Å². The van der Waals surface area contributed by atoms with Crippen LogP contribution >= 0.6 is 0 Å². The van der Waals surface area contributed by atoms with Gasteiger partial charge in [-0.15, -0.1) is 0 Å². The third-order valence-electron chi connectivity index (χ3n) is 6.08. The summed E-state index contributed by atoms with van der Waals surface area (Å²) >= 11 is 0. The van der Waals surface area contributed by atoms with Crippen LogP contribution in [0.3, 0.4) is 0 Å². The van der Waals surface area contributed by atoms with Crippen LogP contribution in [0.5, 0.6) is 0 Å². The SMILES string of the molecule is COC(=O)[C@H]1Cc2c([nH]c3ccccc23)CN1C(=O)CN1CCCC[C@@H]1C. The van der Waals surface area contributed by atoms with E-state index in [1.165, 1.54) is 13.5 Å². The van der Waals surface area contributed by atoms with Crippen LogP contribution in [0, 0.1) is 0 Å². The Hall–Kier alpha value is -2.34. The number of fused-ring (bicyclic) bond motifs is 3. The third-order valence-corrected chi connectivity index (χ3v) is 6.08. The van der Waals surface area contributed by atoms with Crippen LogP contribution < -0.4 is 0 Å². The average molecular weight is 369 g/mol. The van der Waals surface area contributed by atoms with Crippen molar-refractivity contribution < 1.29 is 14.3 Å². The number of likely N-dealkylation sites (tertiary alicyclic amines) is 1. The molecule has 1 N–H and O–H groups in total. The van der Waals surface area contributed by atoms with Crippen LogP contribution in [0.15, 0.2) is 24.3 Å². The Bertz CT molecular complexity index is 859. The Morgan fingerprint density at radius 1 is 1.26 bits per heavy atom. The minimum atomic E-state index is -0.561. The zero-order chi connectivity index (χ0) is 19.0. The van der Waals surface area contributed by atoms with Crippen LogP contribution in [-0.4, -0.2) is 58.9 Å². The highest BCUT2D eigenvalue weighted by Gasteiger charge is 2.37. The average Bonchev–Trinajstić information content (AvgIpc) is 3.05. The number of hydrogen-bond donors (Lipinski definition) is 1. The highest BCUT2D eigenvalue weighted by molar-refractivity contribution is 5.90. The van der Waals surface area contributed by atoms with Gasteiger partial charge in [0.2, 0.25) is 5.91 Å². The fourth-order valence-corrected chi connectivity index (χ4v) is 4.47. The van der Waals surface area contributed by atoms with E-state index in [-0.39, 0.29) is 11.9 Å². The van der Waals surface area contributed by atoms with E-state index in [9.17, 15) is 9.59 Å². The Kier molecular flexibility index (Phi) is 4.91. The predicted octanol–water partition coefficient (Wildman–Crippen LogP) is 2.47. The van der Waals surface area contributed by atoms with Crippen molar-refractivity contribution in [1.82, 2.24) is 14.8 Å². The fourth-order valence-electron chi connectivity index (χ4n) is 4.47. The molecule has 2 atom stereocenters. The van der Waals surface area contributed by atoms with Crippen molar-refractivity contribution in [2.24, 2.45) is 0 Å². The summed E-state index contributed by atoms with van der Waals surface area (Å²) in [5, 5.41) is 1.12. The first-order valence-corrected chi connectivity index (χ1v) is 9.78. The van der Waals surface area contributed by atoms with E-state index in [0.29, 0.717) is 25.6 Å². The van der Waals surface area contributed by atoms with E-state index in [1.54, 1.807) is 4.90 Å². The van der Waals surface area contributed by atoms with Crippen molar-refractivity contribution >= 4 is 22.8 Å². The number of amides is 1. The number of hydrogen-bond acceptors (Lipinski definition) is 4. The first kappa shape index (κ1) is 18.0. The zero-order valence-electron chi connectivity index (χ0n) is 16.0. The maximum atomic E-state index is 13.1. The van der Waals surface area contributed by atoms with Gasteiger partial charge in [-0.05, 0) is 37.9 Å². The van der Waals surface area contributed by atoms with Gasteiger partial charge in [-0.3, -0.25) is 9.69 Å². The van der Waals surface area contributed by atoms with E-state index < -0.39 is 6.04 Å². The number of piperidine rings is 1. The molecule has 27 heavy (non-hydrogen) atoms. The minimum absolute atomic E-state index is 0.00320. The number of nitrogens with zero attached hydrogens (tertiary/aromatic N) is 2. The second kappa shape index (κ2) is 7.35. The summed E-state index contributed by atoms with van der Waals surface area (Å²) in [6, 6.07) is 7.93. The quantitative estimate of drug-likeness (QED) is 0.844. The Balaban J connectivity index is 1.61. The van der Waals surface area contributed by atoms with Gasteiger partial charge in [0.25, 0.3) is 0 Å². The molecule has 3 heterocycles. The van der Waals surface area contributed by atoms with Gasteiger partial charge in [0.1, 0.15) is 6.04 Å². The maximum absolute atomic E-state index is 13.1. The number of aromatic amines is 1. The summed E-state index contributed by atoms with van der Waals surface area (Å²) < 4.78 is 5.03. The lowest BCUT2D eigenvalue weighted by Gasteiger charge is -2.38. The van der Waals surface area contributed by atoms with Crippen molar-refractivity contribution in [2.75, 3.05) is 20.2 Å². The van der Waals surface area contributed by atoms with Crippen molar-refractivity contribution in [2.45, 2.75) is 51.2 Å². The highest BCUT2D eigenvalue weighted by Crippen LogP contribution is 2.31. The standard InChI is InChI=1S/C21H27N3O3/c1-14-7-5-6-10-23(14)13-20(25)24-12-18-16(11-19(24)21(26)27-2)15-8-3-4-9-17(15)22-18/h3-4,8-9,14,19,22H,5-7,10-13H2,1-2H3/t14-,19+/m0/s1. The number of nitrogens with one attached hydrogen (secondary N) is 1. The number of carbonyl (C=O) groups is 2. The van der Waals surface area contributed by atoms with Gasteiger partial charge >= 0.3 is 5.97 Å². The monoisotopic (exact) mass is 369 g/mol. The molecule has 2 aromatic rings. The summed E-state index contributed by atoms with van der Waals surface area (Å²) in [6.07, 6.45) is 3.97. The molecule has 6 heteroatoms. The predicted molar refractivity (Wildman–Crippen MR) is 103 cm³/mol. The second-order valence-corrected chi connectivity index (χ2v) is 7.71. The third kappa shape index (κ3) is 3.34. The first-order valence-electron chi connectivity index (χ1n) is 9.78. The molecule has 0 spiro atoms. The normalized spacial score (nSPS) is 23.3. The number of methoxy groups -OCH3 is 1. The number of rotatable bonds is 3. The van der Waals surface area contributed by atoms with E-state index in [4.69, 9.17) is 4.74 Å². The number of esters is 1. The molecule has 6 nitrogen and oxygen atoms in total. The van der Waals surface area contributed by atoms with E-state index in [2.05, 4.69) is 22.9 Å². The van der Waals surface area contributed by atoms with Gasteiger partial charge in [0, 0.05) is 29.1 Å². The number of para-hydroxylation sites is 1. The fraction of sp³-hybridized carbons (Fsp3) is 0.524. The van der Waals surface area contributed by atoms with Crippen LogP contribution in [0.1, 0.15) is 37.4 Å². The smallest absolute Gasteiger partial charge is 0.328 e. The number of carbonyl (C=O) groups excluding carboxylic acids is 2. The van der Waals surface area contributed by atoms with Crippen LogP contribution in [-0.2, 0) is 27.3 Å². The second-order valence-electron chi connectivity index (χ2n) is 7.71. The van der Waals surface area contributed by atoms with Crippen molar-refractivity contribution in [3.05, 3.63) is 35.5 Å². The molecule has 0 bridgehead atoms. The first-order chi connectivity index (χ1) is 13.1. The molecule has 1 fully saturated rings. The highest BCUT2D eigenvalue weighted by atomic mass is 16.5. The van der Waals surface area contributed by atoms with Crippen LogP contribution in [0.2, 0.25) is 0 Å². The number of benzene rings is 1. The molecule has 144 valence electrons. The van der Waals surface area contributed by atoms with Gasteiger partial charge in [-0.1, -0.05) is 24.6 Å². The molecule has 0 radical (unpaired) electrons. The van der Waals surface area contributed by atoms with E-state index >= 15 is 0 Å². The number of H-pyrrole nitrogens is 1.